The van der Waals surface area contributed by atoms with E-state index in [1.165, 1.54) is 12.8 Å². The van der Waals surface area contributed by atoms with Crippen molar-refractivity contribution in [2.75, 3.05) is 31.1 Å². The molecule has 1 unspecified atom stereocenters. The van der Waals surface area contributed by atoms with Gasteiger partial charge in [-0.3, -0.25) is 4.98 Å². The highest BCUT2D eigenvalue weighted by Crippen LogP contribution is 2.22. The molecular weight excluding hydrogens is 252 g/mol. The van der Waals surface area contributed by atoms with Crippen LogP contribution in [0.1, 0.15) is 33.6 Å². The average Bonchev–Trinajstić information content (AvgIpc) is 2.46. The number of nitrogens with one attached hydrogen (secondary N) is 1. The van der Waals surface area contributed by atoms with Crippen molar-refractivity contribution in [3.8, 4) is 5.88 Å². The second-order valence-electron chi connectivity index (χ2n) is 5.67. The van der Waals surface area contributed by atoms with Crippen molar-refractivity contribution in [3.63, 3.8) is 0 Å². The maximum Gasteiger partial charge on any atom is 0.234 e. The standard InChI is InChI=1S/C15H26N4O/c1-4-20-15-10-16-9-14(18-15)19-7-5-6-13(11-19)8-17-12(2)3/h9-10,12-13,17H,4-8,11H2,1-3H3. The van der Waals surface area contributed by atoms with Gasteiger partial charge in [-0.2, -0.15) is 4.98 Å². The lowest BCUT2D eigenvalue weighted by Crippen LogP contribution is -2.41. The fourth-order valence-corrected chi connectivity index (χ4v) is 2.55. The first kappa shape index (κ1) is 15.0. The van der Waals surface area contributed by atoms with Gasteiger partial charge in [-0.25, -0.2) is 0 Å². The summed E-state index contributed by atoms with van der Waals surface area (Å²) in [5.74, 6) is 2.24. The van der Waals surface area contributed by atoms with Crippen molar-refractivity contribution in [1.29, 1.82) is 0 Å². The summed E-state index contributed by atoms with van der Waals surface area (Å²) in [6.07, 6.45) is 6.01. The smallest absolute Gasteiger partial charge is 0.234 e. The molecule has 1 atom stereocenters. The molecule has 1 N–H and O–H groups in total. The van der Waals surface area contributed by atoms with E-state index >= 15 is 0 Å². The summed E-state index contributed by atoms with van der Waals surface area (Å²) in [4.78, 5) is 11.1. The molecule has 5 nitrogen and oxygen atoms in total. The Balaban J connectivity index is 1.95. The van der Waals surface area contributed by atoms with Crippen molar-refractivity contribution in [3.05, 3.63) is 12.4 Å². The summed E-state index contributed by atoms with van der Waals surface area (Å²) in [5.41, 5.74) is 0. The van der Waals surface area contributed by atoms with Gasteiger partial charge in [0.2, 0.25) is 5.88 Å². The molecule has 20 heavy (non-hydrogen) atoms. The number of ether oxygens (including phenoxy) is 1. The molecule has 1 aliphatic rings. The summed E-state index contributed by atoms with van der Waals surface area (Å²) in [7, 11) is 0. The highest BCUT2D eigenvalue weighted by atomic mass is 16.5. The Bertz CT molecular complexity index is 411. The fraction of sp³-hybridized carbons (Fsp3) is 0.733. The van der Waals surface area contributed by atoms with Gasteiger partial charge in [-0.05, 0) is 32.2 Å². The summed E-state index contributed by atoms with van der Waals surface area (Å²) in [5, 5.41) is 3.53. The van der Waals surface area contributed by atoms with Crippen LogP contribution in [0.25, 0.3) is 0 Å². The molecule has 1 aromatic rings. The van der Waals surface area contributed by atoms with Crippen molar-refractivity contribution in [1.82, 2.24) is 15.3 Å². The van der Waals surface area contributed by atoms with Crippen LogP contribution in [0.15, 0.2) is 12.4 Å². The molecule has 2 heterocycles. The van der Waals surface area contributed by atoms with Crippen LogP contribution in [0.4, 0.5) is 5.82 Å². The lowest BCUT2D eigenvalue weighted by Gasteiger charge is -2.34. The summed E-state index contributed by atoms with van der Waals surface area (Å²) >= 11 is 0. The monoisotopic (exact) mass is 278 g/mol. The molecule has 0 radical (unpaired) electrons. The third-order valence-corrected chi connectivity index (χ3v) is 3.55. The van der Waals surface area contributed by atoms with E-state index in [9.17, 15) is 0 Å². The van der Waals surface area contributed by atoms with Gasteiger partial charge >= 0.3 is 0 Å². The quantitative estimate of drug-likeness (QED) is 0.863. The first-order valence-corrected chi connectivity index (χ1v) is 7.62. The number of rotatable bonds is 6. The third-order valence-electron chi connectivity index (χ3n) is 3.55. The molecule has 0 spiro atoms. The predicted octanol–water partition coefficient (Wildman–Crippen LogP) is 2.09. The van der Waals surface area contributed by atoms with E-state index in [2.05, 4.69) is 34.0 Å². The minimum Gasteiger partial charge on any atom is -0.477 e. The zero-order valence-corrected chi connectivity index (χ0v) is 12.8. The van der Waals surface area contributed by atoms with Crippen LogP contribution in [-0.2, 0) is 0 Å². The van der Waals surface area contributed by atoms with Gasteiger partial charge in [0.25, 0.3) is 0 Å². The number of hydrogen-bond acceptors (Lipinski definition) is 5. The number of piperidine rings is 1. The Morgan fingerprint density at radius 2 is 2.30 bits per heavy atom. The van der Waals surface area contributed by atoms with Crippen LogP contribution < -0.4 is 15.0 Å². The largest absolute Gasteiger partial charge is 0.477 e. The highest BCUT2D eigenvalue weighted by molar-refractivity contribution is 5.38. The number of hydrogen-bond donors (Lipinski definition) is 1. The molecule has 1 fully saturated rings. The third kappa shape index (κ3) is 4.34. The van der Waals surface area contributed by atoms with Gasteiger partial charge in [0.05, 0.1) is 19.0 Å². The maximum absolute atomic E-state index is 5.43. The minimum atomic E-state index is 0.548. The van der Waals surface area contributed by atoms with E-state index in [1.807, 2.05) is 13.1 Å². The molecule has 112 valence electrons. The molecule has 1 saturated heterocycles. The van der Waals surface area contributed by atoms with Crippen molar-refractivity contribution < 1.29 is 4.74 Å². The normalized spacial score (nSPS) is 19.4. The molecule has 1 aliphatic heterocycles. The molecular formula is C15H26N4O. The topological polar surface area (TPSA) is 50.3 Å². The van der Waals surface area contributed by atoms with Gasteiger partial charge in [0.1, 0.15) is 0 Å². The Hall–Kier alpha value is -1.36. The number of nitrogens with zero attached hydrogens (tertiary/aromatic N) is 3. The highest BCUT2D eigenvalue weighted by Gasteiger charge is 2.21. The van der Waals surface area contributed by atoms with E-state index in [1.54, 1.807) is 6.20 Å². The molecule has 0 aromatic carbocycles. The van der Waals surface area contributed by atoms with E-state index in [4.69, 9.17) is 4.74 Å². The molecule has 2 rings (SSSR count). The first-order chi connectivity index (χ1) is 9.69. The number of aromatic nitrogens is 2. The van der Waals surface area contributed by atoms with E-state index in [0.717, 1.165) is 25.5 Å². The van der Waals surface area contributed by atoms with Gasteiger partial charge in [-0.15, -0.1) is 0 Å². The van der Waals surface area contributed by atoms with Gasteiger partial charge < -0.3 is 15.0 Å². The molecule has 1 aromatic heterocycles. The van der Waals surface area contributed by atoms with Crippen LogP contribution >= 0.6 is 0 Å². The van der Waals surface area contributed by atoms with Gasteiger partial charge in [0, 0.05) is 19.1 Å². The van der Waals surface area contributed by atoms with Crippen LogP contribution in [0, 0.1) is 5.92 Å². The minimum absolute atomic E-state index is 0.548. The second-order valence-corrected chi connectivity index (χ2v) is 5.67. The fourth-order valence-electron chi connectivity index (χ4n) is 2.55. The molecule has 0 aliphatic carbocycles. The van der Waals surface area contributed by atoms with E-state index in [-0.39, 0.29) is 0 Å². The van der Waals surface area contributed by atoms with Crippen molar-refractivity contribution in [2.24, 2.45) is 5.92 Å². The molecule has 5 heteroatoms. The van der Waals surface area contributed by atoms with Crippen LogP contribution in [0.5, 0.6) is 5.88 Å². The Morgan fingerprint density at radius 1 is 1.45 bits per heavy atom. The lowest BCUT2D eigenvalue weighted by molar-refractivity contribution is 0.324. The maximum atomic E-state index is 5.43. The SMILES string of the molecule is CCOc1cncc(N2CCCC(CNC(C)C)C2)n1. The molecule has 0 saturated carbocycles. The zero-order chi connectivity index (χ0) is 14.4. The Kier molecular flexibility index (Phi) is 5.59. The Morgan fingerprint density at radius 3 is 3.05 bits per heavy atom. The summed E-state index contributed by atoms with van der Waals surface area (Å²) in [6, 6.07) is 0.548. The Labute approximate surface area is 121 Å². The van der Waals surface area contributed by atoms with Gasteiger partial charge in [0.15, 0.2) is 5.82 Å². The van der Waals surface area contributed by atoms with Crippen molar-refractivity contribution >= 4 is 5.82 Å². The summed E-state index contributed by atoms with van der Waals surface area (Å²) < 4.78 is 5.43. The first-order valence-electron chi connectivity index (χ1n) is 7.62. The van der Waals surface area contributed by atoms with E-state index < -0.39 is 0 Å². The molecule has 0 amide bonds. The second kappa shape index (κ2) is 7.43. The van der Waals surface area contributed by atoms with Crippen LogP contribution in [0.3, 0.4) is 0 Å². The lowest BCUT2D eigenvalue weighted by atomic mass is 9.98. The zero-order valence-electron chi connectivity index (χ0n) is 12.8. The predicted molar refractivity (Wildman–Crippen MR) is 81.3 cm³/mol. The average molecular weight is 278 g/mol. The van der Waals surface area contributed by atoms with Crippen molar-refractivity contribution in [2.45, 2.75) is 39.7 Å². The van der Waals surface area contributed by atoms with Crippen LogP contribution in [-0.4, -0.2) is 42.3 Å². The summed E-state index contributed by atoms with van der Waals surface area (Å²) in [6.45, 7) is 10.1. The van der Waals surface area contributed by atoms with E-state index in [0.29, 0.717) is 24.4 Å². The number of anilines is 1. The molecule has 0 bridgehead atoms. The van der Waals surface area contributed by atoms with Gasteiger partial charge in [-0.1, -0.05) is 13.8 Å². The van der Waals surface area contributed by atoms with Crippen LogP contribution in [0.2, 0.25) is 0 Å².